The third-order valence-corrected chi connectivity index (χ3v) is 4.91. The first-order valence-corrected chi connectivity index (χ1v) is 8.55. The summed E-state index contributed by atoms with van der Waals surface area (Å²) in [6, 6.07) is 1.94. The predicted molar refractivity (Wildman–Crippen MR) is 84.8 cm³/mol. The summed E-state index contributed by atoms with van der Waals surface area (Å²) in [7, 11) is 0. The molecule has 0 bridgehead atoms. The van der Waals surface area contributed by atoms with Crippen LogP contribution in [0.25, 0.3) is 0 Å². The number of hydrogen-bond donors (Lipinski definition) is 0. The minimum absolute atomic E-state index is 0.165. The summed E-state index contributed by atoms with van der Waals surface area (Å²) in [5, 5.41) is 1.04. The van der Waals surface area contributed by atoms with Gasteiger partial charge in [0, 0.05) is 40.8 Å². The van der Waals surface area contributed by atoms with Crippen molar-refractivity contribution in [1.82, 2.24) is 9.47 Å². The molecule has 1 fully saturated rings. The van der Waals surface area contributed by atoms with Crippen LogP contribution in [0.2, 0.25) is 0 Å². The molecule has 1 aromatic heterocycles. The Morgan fingerprint density at radius 1 is 1.42 bits per heavy atom. The van der Waals surface area contributed by atoms with Crippen LogP contribution in [0.15, 0.2) is 16.7 Å². The summed E-state index contributed by atoms with van der Waals surface area (Å²) in [6.45, 7) is 9.11. The van der Waals surface area contributed by atoms with Crippen molar-refractivity contribution in [3.8, 4) is 0 Å². The summed E-state index contributed by atoms with van der Waals surface area (Å²) < 4.78 is 3.04. The molecule has 106 valence electrons. The standard InChI is InChI=1S/C14H21BrN2OS/c1-4-5-16-9-12(15)6-13(16)14(18)17-7-10(2)19-11(3)8-17/h6,9-11H,4-5,7-8H2,1-3H3. The molecular formula is C14H21BrN2OS. The second-order valence-electron chi connectivity index (χ2n) is 5.20. The van der Waals surface area contributed by atoms with Crippen LogP contribution in [-0.2, 0) is 6.54 Å². The Labute approximate surface area is 127 Å². The molecule has 2 atom stereocenters. The monoisotopic (exact) mass is 344 g/mol. The van der Waals surface area contributed by atoms with Gasteiger partial charge in [0.05, 0.1) is 0 Å². The maximum atomic E-state index is 12.7. The number of rotatable bonds is 3. The highest BCUT2D eigenvalue weighted by atomic mass is 79.9. The van der Waals surface area contributed by atoms with Crippen LogP contribution in [0.5, 0.6) is 0 Å². The van der Waals surface area contributed by atoms with Gasteiger partial charge in [-0.1, -0.05) is 20.8 Å². The van der Waals surface area contributed by atoms with Gasteiger partial charge in [-0.05, 0) is 28.4 Å². The maximum absolute atomic E-state index is 12.7. The van der Waals surface area contributed by atoms with E-state index in [1.165, 1.54) is 0 Å². The van der Waals surface area contributed by atoms with E-state index in [4.69, 9.17) is 0 Å². The van der Waals surface area contributed by atoms with E-state index in [-0.39, 0.29) is 5.91 Å². The number of carbonyl (C=O) groups is 1. The zero-order chi connectivity index (χ0) is 14.0. The van der Waals surface area contributed by atoms with Gasteiger partial charge in [0.25, 0.3) is 5.91 Å². The van der Waals surface area contributed by atoms with Crippen molar-refractivity contribution in [3.05, 3.63) is 22.4 Å². The van der Waals surface area contributed by atoms with E-state index in [0.29, 0.717) is 10.5 Å². The van der Waals surface area contributed by atoms with Crippen LogP contribution >= 0.6 is 27.7 Å². The second-order valence-corrected chi connectivity index (χ2v) is 8.00. The normalized spacial score (nSPS) is 23.7. The molecule has 5 heteroatoms. The smallest absolute Gasteiger partial charge is 0.270 e. The lowest BCUT2D eigenvalue weighted by molar-refractivity contribution is 0.0742. The summed E-state index contributed by atoms with van der Waals surface area (Å²) in [5.74, 6) is 0.165. The van der Waals surface area contributed by atoms with E-state index in [9.17, 15) is 4.79 Å². The number of aromatic nitrogens is 1. The molecule has 3 nitrogen and oxygen atoms in total. The number of halogens is 1. The molecule has 1 amide bonds. The van der Waals surface area contributed by atoms with Gasteiger partial charge in [0.2, 0.25) is 0 Å². The van der Waals surface area contributed by atoms with E-state index in [2.05, 4.69) is 41.3 Å². The number of carbonyl (C=O) groups excluding carboxylic acids is 1. The van der Waals surface area contributed by atoms with Crippen LogP contribution in [0.4, 0.5) is 0 Å². The molecule has 0 saturated carbocycles. The molecular weight excluding hydrogens is 324 g/mol. The fourth-order valence-corrected chi connectivity index (χ4v) is 4.37. The van der Waals surface area contributed by atoms with E-state index in [0.717, 1.165) is 36.2 Å². The molecule has 19 heavy (non-hydrogen) atoms. The topological polar surface area (TPSA) is 25.2 Å². The van der Waals surface area contributed by atoms with Gasteiger partial charge in [0.1, 0.15) is 5.69 Å². The molecule has 2 unspecified atom stereocenters. The van der Waals surface area contributed by atoms with Crippen molar-refractivity contribution in [1.29, 1.82) is 0 Å². The minimum atomic E-state index is 0.165. The second kappa shape index (κ2) is 6.35. The number of nitrogens with zero attached hydrogens (tertiary/aromatic N) is 2. The molecule has 0 aliphatic carbocycles. The fourth-order valence-electron chi connectivity index (χ4n) is 2.59. The maximum Gasteiger partial charge on any atom is 0.270 e. The van der Waals surface area contributed by atoms with Gasteiger partial charge in [0.15, 0.2) is 0 Å². The predicted octanol–water partition coefficient (Wildman–Crippen LogP) is 3.63. The van der Waals surface area contributed by atoms with E-state index >= 15 is 0 Å². The first-order valence-electron chi connectivity index (χ1n) is 6.81. The molecule has 2 heterocycles. The SMILES string of the molecule is CCCn1cc(Br)cc1C(=O)N1CC(C)SC(C)C1. The van der Waals surface area contributed by atoms with Gasteiger partial charge in [-0.15, -0.1) is 0 Å². The Kier molecular flexibility index (Phi) is 5.01. The lowest BCUT2D eigenvalue weighted by atomic mass is 10.2. The highest BCUT2D eigenvalue weighted by Crippen LogP contribution is 2.26. The van der Waals surface area contributed by atoms with Crippen LogP contribution in [0, 0.1) is 0 Å². The largest absolute Gasteiger partial charge is 0.342 e. The Morgan fingerprint density at radius 3 is 2.63 bits per heavy atom. The van der Waals surface area contributed by atoms with Gasteiger partial charge in [-0.25, -0.2) is 0 Å². The molecule has 0 spiro atoms. The number of thioether (sulfide) groups is 1. The molecule has 1 aliphatic heterocycles. The highest BCUT2D eigenvalue weighted by Gasteiger charge is 2.28. The van der Waals surface area contributed by atoms with Crippen LogP contribution < -0.4 is 0 Å². The number of hydrogen-bond acceptors (Lipinski definition) is 2. The zero-order valence-electron chi connectivity index (χ0n) is 11.7. The van der Waals surface area contributed by atoms with Gasteiger partial charge in [-0.3, -0.25) is 4.79 Å². The third kappa shape index (κ3) is 3.57. The lowest BCUT2D eigenvalue weighted by Gasteiger charge is -2.34. The average molecular weight is 345 g/mol. The minimum Gasteiger partial charge on any atom is -0.342 e. The van der Waals surface area contributed by atoms with E-state index < -0.39 is 0 Å². The molecule has 0 N–H and O–H groups in total. The summed E-state index contributed by atoms with van der Waals surface area (Å²) in [6.07, 6.45) is 3.03. The summed E-state index contributed by atoms with van der Waals surface area (Å²) >= 11 is 5.44. The molecule has 1 aliphatic rings. The third-order valence-electron chi connectivity index (χ3n) is 3.25. The van der Waals surface area contributed by atoms with Gasteiger partial charge < -0.3 is 9.47 Å². The van der Waals surface area contributed by atoms with Crippen LogP contribution in [-0.4, -0.2) is 39.0 Å². The Morgan fingerprint density at radius 2 is 2.05 bits per heavy atom. The average Bonchev–Trinajstić information content (AvgIpc) is 2.68. The van der Waals surface area contributed by atoms with Crippen molar-refractivity contribution < 1.29 is 4.79 Å². The molecule has 0 radical (unpaired) electrons. The van der Waals surface area contributed by atoms with Gasteiger partial charge in [-0.2, -0.15) is 11.8 Å². The first-order chi connectivity index (χ1) is 9.01. The zero-order valence-corrected chi connectivity index (χ0v) is 14.1. The summed E-state index contributed by atoms with van der Waals surface area (Å²) in [4.78, 5) is 14.7. The van der Waals surface area contributed by atoms with Crippen LogP contribution in [0.3, 0.4) is 0 Å². The Hall–Kier alpha value is -0.420. The molecule has 0 aromatic carbocycles. The summed E-state index contributed by atoms with van der Waals surface area (Å²) in [5.41, 5.74) is 0.806. The highest BCUT2D eigenvalue weighted by molar-refractivity contribution is 9.10. The van der Waals surface area contributed by atoms with Crippen molar-refractivity contribution in [2.75, 3.05) is 13.1 Å². The van der Waals surface area contributed by atoms with E-state index in [1.54, 1.807) is 0 Å². The van der Waals surface area contributed by atoms with Crippen LogP contribution in [0.1, 0.15) is 37.7 Å². The quantitative estimate of drug-likeness (QED) is 0.836. The fraction of sp³-hybridized carbons (Fsp3) is 0.643. The molecule has 1 aromatic rings. The van der Waals surface area contributed by atoms with Crippen molar-refractivity contribution >= 4 is 33.6 Å². The van der Waals surface area contributed by atoms with Crippen molar-refractivity contribution in [3.63, 3.8) is 0 Å². The van der Waals surface area contributed by atoms with Crippen molar-refractivity contribution in [2.24, 2.45) is 0 Å². The lowest BCUT2D eigenvalue weighted by Crippen LogP contribution is -2.44. The molecule has 2 rings (SSSR count). The number of amides is 1. The first kappa shape index (κ1) is 15.0. The Balaban J connectivity index is 2.18. The van der Waals surface area contributed by atoms with E-state index in [1.807, 2.05) is 28.9 Å². The number of aryl methyl sites for hydroxylation is 1. The molecule has 1 saturated heterocycles. The van der Waals surface area contributed by atoms with Crippen molar-refractivity contribution in [2.45, 2.75) is 44.2 Å². The Bertz CT molecular complexity index is 450. The van der Waals surface area contributed by atoms with Gasteiger partial charge >= 0.3 is 0 Å².